The SMILES string of the molecule is CNCC(O)COc1cccc(-c2nc(NC3CCN(C(=O)OC)CC3)c(C)c(-c3c(C)noc3C)n2)c1Cl. The number of carbonyl (C=O) groups excluding carboxylic acids is 1. The predicted molar refractivity (Wildman–Crippen MR) is 148 cm³/mol. The zero-order valence-corrected chi connectivity index (χ0v) is 23.6. The summed E-state index contributed by atoms with van der Waals surface area (Å²) in [6.07, 6.45) is 0.490. The lowest BCUT2D eigenvalue weighted by Gasteiger charge is -2.32. The number of aliphatic hydroxyl groups excluding tert-OH is 1. The number of amides is 1. The molecule has 0 saturated carbocycles. The van der Waals surface area contributed by atoms with Crippen LogP contribution in [0.4, 0.5) is 10.6 Å². The zero-order valence-electron chi connectivity index (χ0n) is 22.9. The number of likely N-dealkylation sites (tertiary alicyclic amines) is 1. The Balaban J connectivity index is 1.70. The van der Waals surface area contributed by atoms with Gasteiger partial charge in [-0.3, -0.25) is 0 Å². The van der Waals surface area contributed by atoms with E-state index in [4.69, 9.17) is 35.6 Å². The fourth-order valence-corrected chi connectivity index (χ4v) is 4.91. The second-order valence-electron chi connectivity index (χ2n) is 9.58. The van der Waals surface area contributed by atoms with Gasteiger partial charge in [-0.1, -0.05) is 22.8 Å². The standard InChI is InChI=1S/C27H35ClN6O5/c1-15-24(22-16(2)33-39-17(22)3)31-26(20-7-6-8-21(23(20)28)38-14-19(35)13-29-4)32-25(15)30-18-9-11-34(12-10-18)27(36)37-5/h6-8,18-19,29,35H,9-14H2,1-5H3,(H,30,31,32). The third kappa shape index (κ3) is 6.43. The van der Waals surface area contributed by atoms with E-state index in [9.17, 15) is 9.90 Å². The second kappa shape index (κ2) is 12.6. The Morgan fingerprint density at radius 3 is 2.64 bits per heavy atom. The highest BCUT2D eigenvalue weighted by molar-refractivity contribution is 6.34. The van der Waals surface area contributed by atoms with Crippen molar-refractivity contribution in [1.29, 1.82) is 0 Å². The van der Waals surface area contributed by atoms with Gasteiger partial charge in [0, 0.05) is 36.8 Å². The summed E-state index contributed by atoms with van der Waals surface area (Å²) in [5, 5.41) is 21.0. The molecule has 39 heavy (non-hydrogen) atoms. The molecule has 4 rings (SSSR count). The molecule has 3 N–H and O–H groups in total. The number of anilines is 1. The van der Waals surface area contributed by atoms with E-state index in [-0.39, 0.29) is 18.7 Å². The van der Waals surface area contributed by atoms with Gasteiger partial charge in [-0.25, -0.2) is 14.8 Å². The van der Waals surface area contributed by atoms with Crippen LogP contribution in [0.5, 0.6) is 5.75 Å². The van der Waals surface area contributed by atoms with Gasteiger partial charge in [0.15, 0.2) is 5.82 Å². The first-order valence-corrected chi connectivity index (χ1v) is 13.3. The number of hydrogen-bond donors (Lipinski definition) is 3. The first-order valence-electron chi connectivity index (χ1n) is 12.9. The smallest absolute Gasteiger partial charge is 0.409 e. The van der Waals surface area contributed by atoms with Gasteiger partial charge in [-0.2, -0.15) is 0 Å². The van der Waals surface area contributed by atoms with Crippen LogP contribution in [0.25, 0.3) is 22.6 Å². The number of piperidine rings is 1. The molecule has 11 nitrogen and oxygen atoms in total. The minimum atomic E-state index is -0.683. The maximum atomic E-state index is 11.9. The number of aliphatic hydroxyl groups is 1. The first-order chi connectivity index (χ1) is 18.7. The van der Waals surface area contributed by atoms with Gasteiger partial charge >= 0.3 is 6.09 Å². The number of hydrogen-bond acceptors (Lipinski definition) is 10. The molecule has 2 aromatic heterocycles. The van der Waals surface area contributed by atoms with Crippen LogP contribution in [0.2, 0.25) is 5.02 Å². The maximum Gasteiger partial charge on any atom is 0.409 e. The van der Waals surface area contributed by atoms with E-state index in [1.54, 1.807) is 18.0 Å². The average molecular weight is 559 g/mol. The lowest BCUT2D eigenvalue weighted by atomic mass is 10.0. The molecule has 1 aromatic carbocycles. The van der Waals surface area contributed by atoms with Crippen molar-refractivity contribution in [3.8, 4) is 28.4 Å². The number of benzene rings is 1. The molecule has 1 aliphatic rings. The Hall–Kier alpha value is -3.41. The molecule has 1 unspecified atom stereocenters. The van der Waals surface area contributed by atoms with Gasteiger partial charge in [0.05, 0.1) is 29.1 Å². The number of nitrogens with zero attached hydrogens (tertiary/aromatic N) is 4. The summed E-state index contributed by atoms with van der Waals surface area (Å²) in [7, 11) is 3.15. The number of carbonyl (C=O) groups is 1. The van der Waals surface area contributed by atoms with Crippen molar-refractivity contribution in [2.75, 3.05) is 45.7 Å². The van der Waals surface area contributed by atoms with Crippen LogP contribution in [-0.2, 0) is 4.74 Å². The number of likely N-dealkylation sites (N-methyl/N-ethyl adjacent to an activating group) is 1. The van der Waals surface area contributed by atoms with Crippen molar-refractivity contribution in [2.24, 2.45) is 0 Å². The average Bonchev–Trinajstić information content (AvgIpc) is 3.26. The van der Waals surface area contributed by atoms with Crippen molar-refractivity contribution in [1.82, 2.24) is 25.3 Å². The summed E-state index contributed by atoms with van der Waals surface area (Å²) < 4.78 is 16.1. The highest BCUT2D eigenvalue weighted by Crippen LogP contribution is 2.38. The van der Waals surface area contributed by atoms with E-state index in [1.807, 2.05) is 32.9 Å². The summed E-state index contributed by atoms with van der Waals surface area (Å²) >= 11 is 6.78. The van der Waals surface area contributed by atoms with Gasteiger partial charge < -0.3 is 34.6 Å². The van der Waals surface area contributed by atoms with E-state index in [0.29, 0.717) is 59.1 Å². The van der Waals surface area contributed by atoms with Crippen molar-refractivity contribution in [3.63, 3.8) is 0 Å². The zero-order chi connectivity index (χ0) is 28.1. The fourth-order valence-electron chi connectivity index (χ4n) is 4.65. The van der Waals surface area contributed by atoms with Gasteiger partial charge in [0.2, 0.25) is 0 Å². The Bertz CT molecular complexity index is 1290. The Morgan fingerprint density at radius 2 is 2.00 bits per heavy atom. The molecule has 0 radical (unpaired) electrons. The Morgan fingerprint density at radius 1 is 1.26 bits per heavy atom. The molecule has 3 aromatic rings. The van der Waals surface area contributed by atoms with E-state index in [2.05, 4.69) is 15.8 Å². The summed E-state index contributed by atoms with van der Waals surface area (Å²) in [6, 6.07) is 5.49. The molecule has 0 bridgehead atoms. The monoisotopic (exact) mass is 558 g/mol. The van der Waals surface area contributed by atoms with Gasteiger partial charge in [-0.05, 0) is 52.8 Å². The quantitative estimate of drug-likeness (QED) is 0.354. The lowest BCUT2D eigenvalue weighted by molar-refractivity contribution is 0.108. The fraction of sp³-hybridized carbons (Fsp3) is 0.481. The molecule has 1 amide bonds. The molecule has 1 fully saturated rings. The van der Waals surface area contributed by atoms with Crippen LogP contribution >= 0.6 is 11.6 Å². The minimum Gasteiger partial charge on any atom is -0.489 e. The topological polar surface area (TPSA) is 135 Å². The third-order valence-corrected chi connectivity index (χ3v) is 7.15. The summed E-state index contributed by atoms with van der Waals surface area (Å²) in [5.41, 5.74) is 3.66. The number of aromatic nitrogens is 3. The molecule has 1 aliphatic heterocycles. The largest absolute Gasteiger partial charge is 0.489 e. The van der Waals surface area contributed by atoms with Gasteiger partial charge in [0.1, 0.15) is 30.0 Å². The number of aryl methyl sites for hydroxylation is 2. The van der Waals surface area contributed by atoms with Crippen LogP contribution in [0.3, 0.4) is 0 Å². The van der Waals surface area contributed by atoms with Crippen LogP contribution in [0, 0.1) is 20.8 Å². The lowest BCUT2D eigenvalue weighted by Crippen LogP contribution is -2.42. The molecule has 1 saturated heterocycles. The molecule has 0 spiro atoms. The Labute approximate surface area is 232 Å². The van der Waals surface area contributed by atoms with E-state index in [1.165, 1.54) is 7.11 Å². The molecule has 0 aliphatic carbocycles. The molecule has 210 valence electrons. The first kappa shape index (κ1) is 28.6. The van der Waals surface area contributed by atoms with Gasteiger partial charge in [0.25, 0.3) is 0 Å². The number of halogens is 1. The third-order valence-electron chi connectivity index (χ3n) is 6.76. The van der Waals surface area contributed by atoms with Crippen molar-refractivity contribution in [3.05, 3.63) is 40.2 Å². The van der Waals surface area contributed by atoms with Crippen LogP contribution in [-0.4, -0.2) is 83.8 Å². The van der Waals surface area contributed by atoms with Crippen molar-refractivity contribution < 1.29 is 23.9 Å². The van der Waals surface area contributed by atoms with Gasteiger partial charge in [-0.15, -0.1) is 0 Å². The Kier molecular flexibility index (Phi) is 9.26. The number of rotatable bonds is 9. The van der Waals surface area contributed by atoms with E-state index in [0.717, 1.165) is 29.7 Å². The summed E-state index contributed by atoms with van der Waals surface area (Å²) in [4.78, 5) is 23.4. The van der Waals surface area contributed by atoms with Crippen molar-refractivity contribution in [2.45, 2.75) is 45.8 Å². The minimum absolute atomic E-state index is 0.0835. The molecule has 12 heteroatoms. The molecular weight excluding hydrogens is 524 g/mol. The highest BCUT2D eigenvalue weighted by Gasteiger charge is 2.26. The molecule has 1 atom stereocenters. The number of ether oxygens (including phenoxy) is 2. The van der Waals surface area contributed by atoms with Crippen molar-refractivity contribution >= 4 is 23.5 Å². The van der Waals surface area contributed by atoms with Crippen LogP contribution < -0.4 is 15.4 Å². The van der Waals surface area contributed by atoms with E-state index >= 15 is 0 Å². The number of nitrogens with one attached hydrogen (secondary N) is 2. The molecule has 3 heterocycles. The maximum absolute atomic E-state index is 11.9. The number of methoxy groups -OCH3 is 1. The molecular formula is C27H35ClN6O5. The highest BCUT2D eigenvalue weighted by atomic mass is 35.5. The van der Waals surface area contributed by atoms with Crippen LogP contribution in [0.15, 0.2) is 22.7 Å². The summed E-state index contributed by atoms with van der Waals surface area (Å²) in [6.45, 7) is 7.34. The predicted octanol–water partition coefficient (Wildman–Crippen LogP) is 3.98. The second-order valence-corrected chi connectivity index (χ2v) is 9.96. The summed E-state index contributed by atoms with van der Waals surface area (Å²) in [5.74, 6) is 2.16. The normalized spacial score (nSPS) is 14.8. The van der Waals surface area contributed by atoms with E-state index < -0.39 is 6.10 Å². The van der Waals surface area contributed by atoms with Crippen LogP contribution in [0.1, 0.15) is 29.9 Å².